The number of sulfonamides is 1. The summed E-state index contributed by atoms with van der Waals surface area (Å²) < 4.78 is 58.0. The minimum Gasteiger partial charge on any atom is -0.478 e. The zero-order chi connectivity index (χ0) is 26.6. The standard InChI is InChI=1S/C28H20F2N2O4S2/c29-19-11-24(30)23-13-20(37-25(23)12-19)15-32(38(35,36)21-9-7-17(8-10-21)28(33)34)27-26(16-5-6-16)22-4-2-1-3-18(22)14-31-27/h1-4,7-14,16H,5-6,15H2,(H,33,34). The fourth-order valence-electron chi connectivity index (χ4n) is 4.66. The molecule has 38 heavy (non-hydrogen) atoms. The second-order valence-corrected chi connectivity index (χ2v) is 12.2. The van der Waals surface area contributed by atoms with Crippen molar-refractivity contribution < 1.29 is 27.1 Å². The van der Waals surface area contributed by atoms with Crippen molar-refractivity contribution in [2.45, 2.75) is 30.2 Å². The highest BCUT2D eigenvalue weighted by molar-refractivity contribution is 7.92. The zero-order valence-electron chi connectivity index (χ0n) is 19.8. The molecular formula is C28H20F2N2O4S2. The number of benzene rings is 3. The number of nitrogens with zero attached hydrogens (tertiary/aromatic N) is 2. The molecule has 1 fully saturated rings. The molecule has 1 aliphatic rings. The van der Waals surface area contributed by atoms with E-state index in [0.717, 1.165) is 46.6 Å². The van der Waals surface area contributed by atoms with Crippen LogP contribution in [-0.2, 0) is 16.6 Å². The lowest BCUT2D eigenvalue weighted by Crippen LogP contribution is -2.32. The Morgan fingerprint density at radius 1 is 1.03 bits per heavy atom. The number of hydrogen-bond donors (Lipinski definition) is 1. The number of fused-ring (bicyclic) bond motifs is 2. The summed E-state index contributed by atoms with van der Waals surface area (Å²) >= 11 is 1.11. The second-order valence-electron chi connectivity index (χ2n) is 9.21. The van der Waals surface area contributed by atoms with E-state index < -0.39 is 27.6 Å². The third-order valence-corrected chi connectivity index (χ3v) is 9.45. The molecule has 0 atom stereocenters. The van der Waals surface area contributed by atoms with Gasteiger partial charge in [-0.05, 0) is 60.5 Å². The number of carboxylic acids is 1. The van der Waals surface area contributed by atoms with Gasteiger partial charge >= 0.3 is 5.97 Å². The fraction of sp³-hybridized carbons (Fsp3) is 0.143. The number of rotatable bonds is 7. The highest BCUT2D eigenvalue weighted by atomic mass is 32.2. The molecule has 6 rings (SSSR count). The predicted molar refractivity (Wildman–Crippen MR) is 142 cm³/mol. The lowest BCUT2D eigenvalue weighted by Gasteiger charge is -2.26. The predicted octanol–water partition coefficient (Wildman–Crippen LogP) is 6.70. The molecular weight excluding hydrogens is 530 g/mol. The van der Waals surface area contributed by atoms with Crippen LogP contribution >= 0.6 is 11.3 Å². The number of thiophene rings is 1. The van der Waals surface area contributed by atoms with Gasteiger partial charge in [-0.3, -0.25) is 0 Å². The first kappa shape index (κ1) is 24.4. The average molecular weight is 551 g/mol. The number of aromatic carboxylic acids is 1. The first-order chi connectivity index (χ1) is 18.2. The van der Waals surface area contributed by atoms with Gasteiger partial charge in [0.1, 0.15) is 17.5 Å². The maximum absolute atomic E-state index is 14.4. The fourth-order valence-corrected chi connectivity index (χ4v) is 7.25. The van der Waals surface area contributed by atoms with Crippen LogP contribution in [0.15, 0.2) is 77.8 Å². The van der Waals surface area contributed by atoms with Gasteiger partial charge in [-0.2, -0.15) is 0 Å². The maximum atomic E-state index is 14.4. The molecule has 10 heteroatoms. The molecule has 5 aromatic rings. The topological polar surface area (TPSA) is 87.6 Å². The molecule has 0 bridgehead atoms. The van der Waals surface area contributed by atoms with E-state index in [-0.39, 0.29) is 34.1 Å². The van der Waals surface area contributed by atoms with Gasteiger partial charge in [0, 0.05) is 38.2 Å². The van der Waals surface area contributed by atoms with Crippen LogP contribution in [0.25, 0.3) is 20.9 Å². The molecule has 0 amide bonds. The number of carboxylic acid groups (broad SMARTS) is 1. The van der Waals surface area contributed by atoms with E-state index in [0.29, 0.717) is 9.58 Å². The molecule has 0 spiro atoms. The van der Waals surface area contributed by atoms with Crippen molar-refractivity contribution in [1.29, 1.82) is 0 Å². The van der Waals surface area contributed by atoms with Crippen molar-refractivity contribution in [1.82, 2.24) is 4.98 Å². The van der Waals surface area contributed by atoms with E-state index >= 15 is 0 Å². The van der Waals surface area contributed by atoms with Crippen molar-refractivity contribution in [2.75, 3.05) is 4.31 Å². The molecule has 1 saturated carbocycles. The molecule has 0 saturated heterocycles. The lowest BCUT2D eigenvalue weighted by molar-refractivity contribution is 0.0696. The Bertz CT molecular complexity index is 1830. The van der Waals surface area contributed by atoms with Gasteiger partial charge in [-0.1, -0.05) is 24.3 Å². The van der Waals surface area contributed by atoms with Crippen LogP contribution in [0.3, 0.4) is 0 Å². The summed E-state index contributed by atoms with van der Waals surface area (Å²) in [5.74, 6) is -2.18. The molecule has 6 nitrogen and oxygen atoms in total. The van der Waals surface area contributed by atoms with Crippen molar-refractivity contribution in [2.24, 2.45) is 0 Å². The van der Waals surface area contributed by atoms with E-state index in [1.807, 2.05) is 24.3 Å². The van der Waals surface area contributed by atoms with Crippen LogP contribution in [0, 0.1) is 11.6 Å². The Morgan fingerprint density at radius 2 is 1.76 bits per heavy atom. The quantitative estimate of drug-likeness (QED) is 0.244. The van der Waals surface area contributed by atoms with Crippen LogP contribution in [0.5, 0.6) is 0 Å². The van der Waals surface area contributed by atoms with E-state index in [2.05, 4.69) is 4.98 Å². The molecule has 0 aliphatic heterocycles. The first-order valence-corrected chi connectivity index (χ1v) is 14.1. The van der Waals surface area contributed by atoms with Gasteiger partial charge in [-0.25, -0.2) is 31.3 Å². The molecule has 2 heterocycles. The molecule has 1 aliphatic carbocycles. The number of halogens is 2. The largest absolute Gasteiger partial charge is 0.478 e. The van der Waals surface area contributed by atoms with Crippen molar-refractivity contribution in [3.05, 3.63) is 101 Å². The third kappa shape index (κ3) is 4.29. The maximum Gasteiger partial charge on any atom is 0.335 e. The number of carbonyl (C=O) groups is 1. The highest BCUT2D eigenvalue weighted by Gasteiger charge is 2.35. The summed E-state index contributed by atoms with van der Waals surface area (Å²) in [5, 5.41) is 11.3. The van der Waals surface area contributed by atoms with Gasteiger partial charge in [0.15, 0.2) is 0 Å². The molecule has 3 aromatic carbocycles. The smallest absolute Gasteiger partial charge is 0.335 e. The summed E-state index contributed by atoms with van der Waals surface area (Å²) in [7, 11) is -4.23. The van der Waals surface area contributed by atoms with E-state index in [9.17, 15) is 27.1 Å². The molecule has 0 radical (unpaired) electrons. The summed E-state index contributed by atoms with van der Waals surface area (Å²) in [6, 6.07) is 16.2. The summed E-state index contributed by atoms with van der Waals surface area (Å²) in [4.78, 5) is 16.3. The van der Waals surface area contributed by atoms with Crippen molar-refractivity contribution in [3.8, 4) is 0 Å². The van der Waals surface area contributed by atoms with Crippen LogP contribution in [0.1, 0.15) is 39.6 Å². The van der Waals surface area contributed by atoms with Gasteiger partial charge in [0.2, 0.25) is 0 Å². The van der Waals surface area contributed by atoms with Gasteiger partial charge in [-0.15, -0.1) is 11.3 Å². The minimum atomic E-state index is -4.23. The van der Waals surface area contributed by atoms with E-state index in [4.69, 9.17) is 0 Å². The van der Waals surface area contributed by atoms with Gasteiger partial charge in [0.25, 0.3) is 10.0 Å². The second kappa shape index (κ2) is 9.14. The van der Waals surface area contributed by atoms with Crippen LogP contribution < -0.4 is 4.31 Å². The lowest BCUT2D eigenvalue weighted by atomic mass is 10.0. The average Bonchev–Trinajstić information content (AvgIpc) is 3.65. The van der Waals surface area contributed by atoms with Crippen LogP contribution in [-0.4, -0.2) is 24.5 Å². The van der Waals surface area contributed by atoms with Gasteiger partial charge < -0.3 is 5.11 Å². The Balaban J connectivity index is 1.54. The minimum absolute atomic E-state index is 0.0417. The van der Waals surface area contributed by atoms with Gasteiger partial charge in [0.05, 0.1) is 17.0 Å². The van der Waals surface area contributed by atoms with Crippen molar-refractivity contribution in [3.63, 3.8) is 0 Å². The first-order valence-electron chi connectivity index (χ1n) is 11.8. The van der Waals surface area contributed by atoms with E-state index in [1.54, 1.807) is 6.20 Å². The third-order valence-electron chi connectivity index (χ3n) is 6.63. The van der Waals surface area contributed by atoms with Crippen LogP contribution in [0.4, 0.5) is 14.6 Å². The highest BCUT2D eigenvalue weighted by Crippen LogP contribution is 2.48. The molecule has 2 aromatic heterocycles. The Hall–Kier alpha value is -3.89. The van der Waals surface area contributed by atoms with Crippen molar-refractivity contribution >= 4 is 54.0 Å². The Morgan fingerprint density at radius 3 is 2.47 bits per heavy atom. The SMILES string of the molecule is O=C(O)c1ccc(S(=O)(=O)N(Cc2cc3c(F)cc(F)cc3s2)c2ncc3ccccc3c2C2CC2)cc1. The molecule has 192 valence electrons. The Kier molecular flexibility index (Phi) is 5.88. The Labute approximate surface area is 220 Å². The normalized spacial score (nSPS) is 13.7. The molecule has 0 unspecified atom stereocenters. The summed E-state index contributed by atoms with van der Waals surface area (Å²) in [6.45, 7) is -0.158. The number of aromatic nitrogens is 1. The van der Waals surface area contributed by atoms with E-state index in [1.165, 1.54) is 40.7 Å². The monoisotopic (exact) mass is 550 g/mol. The number of hydrogen-bond acceptors (Lipinski definition) is 5. The number of pyridine rings is 1. The molecule has 1 N–H and O–H groups in total. The summed E-state index contributed by atoms with van der Waals surface area (Å²) in [6.07, 6.45) is 3.43. The van der Waals surface area contributed by atoms with Crippen LogP contribution in [0.2, 0.25) is 0 Å². The summed E-state index contributed by atoms with van der Waals surface area (Å²) in [5.41, 5.74) is 0.784. The number of anilines is 1. The zero-order valence-corrected chi connectivity index (χ0v) is 21.4.